The molecule has 0 saturated carbocycles. The van der Waals surface area contributed by atoms with Crippen LogP contribution in [0.2, 0.25) is 0 Å². The number of hydrogen-bond acceptors (Lipinski definition) is 8. The molecule has 1 atom stereocenters. The van der Waals surface area contributed by atoms with E-state index in [-0.39, 0.29) is 30.2 Å². The Morgan fingerprint density at radius 1 is 1.06 bits per heavy atom. The summed E-state index contributed by atoms with van der Waals surface area (Å²) in [5.41, 5.74) is 6.09. The lowest BCUT2D eigenvalue weighted by Gasteiger charge is -2.33. The van der Waals surface area contributed by atoms with E-state index >= 15 is 0 Å². The summed E-state index contributed by atoms with van der Waals surface area (Å²) in [5.74, 6) is 0.633. The van der Waals surface area contributed by atoms with Crippen molar-refractivity contribution in [2.24, 2.45) is 0 Å². The maximum absolute atomic E-state index is 13.4. The van der Waals surface area contributed by atoms with E-state index in [1.54, 1.807) is 12.1 Å². The van der Waals surface area contributed by atoms with Crippen LogP contribution in [0.15, 0.2) is 54.6 Å². The molecular weight excluding hydrogens is 398 g/mol. The molecule has 31 heavy (non-hydrogen) atoms. The van der Waals surface area contributed by atoms with Crippen LogP contribution in [0.5, 0.6) is 5.75 Å². The minimum atomic E-state index is -1.16. The Bertz CT molecular complexity index is 1170. The molecule has 1 saturated heterocycles. The zero-order valence-corrected chi connectivity index (χ0v) is 16.4. The molecule has 3 amide bonds. The molecule has 2 aromatic carbocycles. The smallest absolute Gasteiger partial charge is 0.325 e. The minimum absolute atomic E-state index is 0.0124. The fourth-order valence-corrected chi connectivity index (χ4v) is 3.87. The topological polar surface area (TPSA) is 135 Å². The molecule has 1 spiro atoms. The Kier molecular flexibility index (Phi) is 4.39. The third-order valence-corrected chi connectivity index (χ3v) is 5.29. The number of nitrogens with two attached hydrogens (primary N) is 1. The first kappa shape index (κ1) is 18.8. The number of para-hydroxylation sites is 2. The number of carbonyl (C=O) groups is 2. The monoisotopic (exact) mass is 417 g/mol. The summed E-state index contributed by atoms with van der Waals surface area (Å²) in [6.45, 7) is 0.187. The number of fused-ring (bicyclic) bond motifs is 2. The lowest BCUT2D eigenvalue weighted by molar-refractivity contribution is -0.133. The van der Waals surface area contributed by atoms with Gasteiger partial charge in [-0.1, -0.05) is 36.4 Å². The molecule has 3 aromatic rings. The molecule has 2 aliphatic rings. The van der Waals surface area contributed by atoms with Gasteiger partial charge in [-0.15, -0.1) is 0 Å². The second-order valence-electron chi connectivity index (χ2n) is 7.25. The summed E-state index contributed by atoms with van der Waals surface area (Å²) in [6.07, 6.45) is 0.339. The largest absolute Gasteiger partial charge is 0.493 e. The third-order valence-electron chi connectivity index (χ3n) is 5.29. The molecule has 4 N–H and O–H groups in total. The molecule has 2 aliphatic heterocycles. The summed E-state index contributed by atoms with van der Waals surface area (Å²) in [6, 6.07) is 16.0. The third kappa shape index (κ3) is 3.27. The van der Waals surface area contributed by atoms with Gasteiger partial charge in [0.1, 0.15) is 5.75 Å². The Hall–Kier alpha value is -4.21. The molecule has 0 bridgehead atoms. The highest BCUT2D eigenvalue weighted by Gasteiger charge is 2.54. The summed E-state index contributed by atoms with van der Waals surface area (Å²) in [5, 5.41) is 5.89. The molecule has 0 unspecified atom stereocenters. The number of hydrogen-bond donors (Lipinski definition) is 3. The average molecular weight is 417 g/mol. The summed E-state index contributed by atoms with van der Waals surface area (Å²) >= 11 is 0. The zero-order valence-electron chi connectivity index (χ0n) is 16.4. The van der Waals surface area contributed by atoms with E-state index in [4.69, 9.17) is 10.5 Å². The van der Waals surface area contributed by atoms with Gasteiger partial charge >= 0.3 is 6.03 Å². The van der Waals surface area contributed by atoms with Crippen molar-refractivity contribution < 1.29 is 14.3 Å². The molecule has 10 heteroatoms. The van der Waals surface area contributed by atoms with Crippen molar-refractivity contribution in [3.05, 3.63) is 66.0 Å². The van der Waals surface area contributed by atoms with E-state index in [9.17, 15) is 9.59 Å². The number of nitrogens with zero attached hydrogens (tertiary/aromatic N) is 4. The molecule has 1 aromatic heterocycles. The Morgan fingerprint density at radius 2 is 1.84 bits per heavy atom. The SMILES string of the molecule is Nc1nc(CN2C(=O)N[C@]3(CCOc4ccccc43)C2=O)nc(Nc2ccccc2)n1. The van der Waals surface area contributed by atoms with Gasteiger partial charge in [0.25, 0.3) is 5.91 Å². The first-order chi connectivity index (χ1) is 15.0. The number of nitrogens with one attached hydrogen (secondary N) is 2. The van der Waals surface area contributed by atoms with Crippen LogP contribution in [0.4, 0.5) is 22.4 Å². The van der Waals surface area contributed by atoms with Gasteiger partial charge in [-0.2, -0.15) is 15.0 Å². The van der Waals surface area contributed by atoms with Gasteiger partial charge in [0, 0.05) is 17.7 Å². The number of benzene rings is 2. The number of urea groups is 1. The average Bonchev–Trinajstić information content (AvgIpc) is 2.99. The standard InChI is InChI=1S/C21H19N7O3/c22-18-24-16(25-19(26-18)23-13-6-2-1-3-7-13)12-28-17(29)21(27-20(28)30)10-11-31-15-9-5-4-8-14(15)21/h1-9H,10-12H2,(H,27,30)(H3,22,23,24,25,26)/t21-/m0/s1. The molecular formula is C21H19N7O3. The predicted molar refractivity (Wildman–Crippen MR) is 111 cm³/mol. The van der Waals surface area contributed by atoms with Crippen molar-refractivity contribution in [1.29, 1.82) is 0 Å². The minimum Gasteiger partial charge on any atom is -0.493 e. The number of rotatable bonds is 4. The maximum atomic E-state index is 13.4. The first-order valence-corrected chi connectivity index (χ1v) is 9.74. The van der Waals surface area contributed by atoms with Crippen molar-refractivity contribution in [2.45, 2.75) is 18.5 Å². The zero-order chi connectivity index (χ0) is 21.4. The van der Waals surface area contributed by atoms with Gasteiger partial charge < -0.3 is 21.1 Å². The van der Waals surface area contributed by atoms with Gasteiger partial charge in [-0.3, -0.25) is 9.69 Å². The van der Waals surface area contributed by atoms with Crippen LogP contribution < -0.4 is 21.1 Å². The number of carbonyl (C=O) groups excluding carboxylic acids is 2. The van der Waals surface area contributed by atoms with Crippen LogP contribution in [0.25, 0.3) is 0 Å². The lowest BCUT2D eigenvalue weighted by atomic mass is 9.84. The fraction of sp³-hybridized carbons (Fsp3) is 0.190. The molecule has 5 rings (SSSR count). The molecule has 156 valence electrons. The maximum Gasteiger partial charge on any atom is 0.325 e. The van der Waals surface area contributed by atoms with Crippen LogP contribution >= 0.6 is 0 Å². The van der Waals surface area contributed by atoms with Crippen LogP contribution in [0.3, 0.4) is 0 Å². The number of amides is 3. The number of ether oxygens (including phenoxy) is 1. The highest BCUT2D eigenvalue weighted by atomic mass is 16.5. The van der Waals surface area contributed by atoms with Gasteiger partial charge in [-0.25, -0.2) is 4.79 Å². The van der Waals surface area contributed by atoms with Crippen molar-refractivity contribution in [1.82, 2.24) is 25.2 Å². The van der Waals surface area contributed by atoms with Crippen molar-refractivity contribution in [3.63, 3.8) is 0 Å². The van der Waals surface area contributed by atoms with E-state index in [2.05, 4.69) is 25.6 Å². The number of nitrogen functional groups attached to an aromatic ring is 1. The number of imide groups is 1. The van der Waals surface area contributed by atoms with E-state index in [0.717, 1.165) is 10.6 Å². The summed E-state index contributed by atoms with van der Waals surface area (Å²) in [7, 11) is 0. The second-order valence-corrected chi connectivity index (χ2v) is 7.25. The van der Waals surface area contributed by atoms with Crippen LogP contribution in [-0.2, 0) is 16.9 Å². The summed E-state index contributed by atoms with van der Waals surface area (Å²) in [4.78, 5) is 39.8. The lowest BCUT2D eigenvalue weighted by Crippen LogP contribution is -2.47. The van der Waals surface area contributed by atoms with Crippen LogP contribution in [0.1, 0.15) is 17.8 Å². The Morgan fingerprint density at radius 3 is 2.68 bits per heavy atom. The summed E-state index contributed by atoms with van der Waals surface area (Å²) < 4.78 is 5.66. The molecule has 0 radical (unpaired) electrons. The highest BCUT2D eigenvalue weighted by molar-refractivity contribution is 6.07. The Balaban J connectivity index is 1.42. The Labute approximate surface area is 177 Å². The van der Waals surface area contributed by atoms with Gasteiger partial charge in [0.15, 0.2) is 11.4 Å². The van der Waals surface area contributed by atoms with E-state index in [1.165, 1.54) is 0 Å². The molecule has 10 nitrogen and oxygen atoms in total. The van der Waals surface area contributed by atoms with E-state index in [0.29, 0.717) is 24.3 Å². The van der Waals surface area contributed by atoms with Crippen molar-refractivity contribution in [3.8, 4) is 5.75 Å². The molecule has 0 aliphatic carbocycles. The first-order valence-electron chi connectivity index (χ1n) is 9.74. The van der Waals surface area contributed by atoms with Crippen LogP contribution in [-0.4, -0.2) is 38.4 Å². The van der Waals surface area contributed by atoms with E-state index < -0.39 is 11.6 Å². The predicted octanol–water partition coefficient (Wildman–Crippen LogP) is 1.93. The van der Waals surface area contributed by atoms with Gasteiger partial charge in [0.05, 0.1) is 13.2 Å². The fourth-order valence-electron chi connectivity index (χ4n) is 3.87. The van der Waals surface area contributed by atoms with Gasteiger partial charge in [-0.05, 0) is 18.2 Å². The molecule has 1 fully saturated rings. The quantitative estimate of drug-likeness (QED) is 0.548. The van der Waals surface area contributed by atoms with Crippen molar-refractivity contribution >= 4 is 29.5 Å². The van der Waals surface area contributed by atoms with Gasteiger partial charge in [0.2, 0.25) is 11.9 Å². The van der Waals surface area contributed by atoms with E-state index in [1.807, 2.05) is 42.5 Å². The number of aromatic nitrogens is 3. The van der Waals surface area contributed by atoms with Crippen LogP contribution in [0, 0.1) is 0 Å². The normalized spacial score (nSPS) is 19.7. The molecule has 3 heterocycles. The second kappa shape index (κ2) is 7.24. The number of anilines is 3. The van der Waals surface area contributed by atoms with Crippen molar-refractivity contribution in [2.75, 3.05) is 17.7 Å². The highest BCUT2D eigenvalue weighted by Crippen LogP contribution is 2.41.